The number of pyridine rings is 1. The molecule has 0 radical (unpaired) electrons. The van der Waals surface area contributed by atoms with Crippen LogP contribution in [0.3, 0.4) is 0 Å². The van der Waals surface area contributed by atoms with E-state index in [2.05, 4.69) is 15.1 Å². The van der Waals surface area contributed by atoms with Crippen LogP contribution in [-0.4, -0.2) is 57.1 Å². The third kappa shape index (κ3) is 4.09. The average molecular weight is 398 g/mol. The van der Waals surface area contributed by atoms with Crippen LogP contribution in [0.5, 0.6) is 0 Å². The zero-order chi connectivity index (χ0) is 20.3. The van der Waals surface area contributed by atoms with Crippen molar-refractivity contribution in [2.24, 2.45) is 0 Å². The Morgan fingerprint density at radius 3 is 2.68 bits per heavy atom. The third-order valence-electron chi connectivity index (χ3n) is 4.39. The highest BCUT2D eigenvalue weighted by atomic mass is 32.1. The van der Waals surface area contributed by atoms with Gasteiger partial charge < -0.3 is 9.80 Å². The molecule has 2 amide bonds. The maximum absolute atomic E-state index is 12.7. The number of anilines is 1. The molecule has 3 aromatic rings. The van der Waals surface area contributed by atoms with Crippen LogP contribution in [-0.2, 0) is 9.59 Å². The highest BCUT2D eigenvalue weighted by Crippen LogP contribution is 2.33. The predicted molar refractivity (Wildman–Crippen MR) is 108 cm³/mol. The van der Waals surface area contributed by atoms with Gasteiger partial charge in [-0.25, -0.2) is 4.98 Å². The summed E-state index contributed by atoms with van der Waals surface area (Å²) in [5.41, 5.74) is 1.67. The summed E-state index contributed by atoms with van der Waals surface area (Å²) in [5.74, 6) is -0.365. The van der Waals surface area contributed by atoms with E-state index in [0.717, 1.165) is 21.3 Å². The molecule has 0 bridgehead atoms. The number of carbonyl (C=O) groups excluding carboxylic acids is 2. The quantitative estimate of drug-likeness (QED) is 0.637. The number of thiazole rings is 1. The molecular formula is C19H22N6O2S. The lowest BCUT2D eigenvalue weighted by molar-refractivity contribution is -0.136. The van der Waals surface area contributed by atoms with E-state index in [1.54, 1.807) is 61.5 Å². The molecule has 1 unspecified atom stereocenters. The van der Waals surface area contributed by atoms with Crippen molar-refractivity contribution in [1.29, 1.82) is 0 Å². The molecule has 1 atom stereocenters. The number of likely N-dealkylation sites (N-methyl/N-ethyl adjacent to an activating group) is 2. The first-order chi connectivity index (χ1) is 13.4. The molecule has 0 fully saturated rings. The topological polar surface area (TPSA) is 84.2 Å². The highest BCUT2D eigenvalue weighted by molar-refractivity contribution is 7.19. The van der Waals surface area contributed by atoms with Gasteiger partial charge in [0.05, 0.1) is 12.2 Å². The molecule has 28 heavy (non-hydrogen) atoms. The largest absolute Gasteiger partial charge is 0.335 e. The van der Waals surface area contributed by atoms with Gasteiger partial charge in [-0.3, -0.25) is 19.3 Å². The van der Waals surface area contributed by atoms with Crippen LogP contribution in [0.4, 0.5) is 5.00 Å². The van der Waals surface area contributed by atoms with E-state index in [1.165, 1.54) is 16.2 Å². The lowest BCUT2D eigenvalue weighted by atomic mass is 10.3. The third-order valence-corrected chi connectivity index (χ3v) is 5.67. The number of hydrogen-bond acceptors (Lipinski definition) is 6. The Balaban J connectivity index is 1.69. The first-order valence-electron chi connectivity index (χ1n) is 8.77. The van der Waals surface area contributed by atoms with Crippen LogP contribution >= 0.6 is 11.3 Å². The summed E-state index contributed by atoms with van der Waals surface area (Å²) in [6, 6.07) is 5.07. The summed E-state index contributed by atoms with van der Waals surface area (Å²) in [6.07, 6.45) is 6.80. The van der Waals surface area contributed by atoms with E-state index in [-0.39, 0.29) is 18.4 Å². The lowest BCUT2D eigenvalue weighted by Gasteiger charge is -2.24. The minimum Gasteiger partial charge on any atom is -0.335 e. The molecule has 8 nitrogen and oxygen atoms in total. The zero-order valence-electron chi connectivity index (χ0n) is 16.2. The maximum Gasteiger partial charge on any atom is 0.247 e. The second-order valence-corrected chi connectivity index (χ2v) is 7.44. The molecule has 0 aliphatic rings. The number of nitrogens with zero attached hydrogens (tertiary/aromatic N) is 6. The highest BCUT2D eigenvalue weighted by Gasteiger charge is 2.24. The Morgan fingerprint density at radius 2 is 2.04 bits per heavy atom. The molecule has 3 aromatic heterocycles. The van der Waals surface area contributed by atoms with Crippen molar-refractivity contribution in [2.75, 3.05) is 25.5 Å². The van der Waals surface area contributed by atoms with E-state index in [0.29, 0.717) is 0 Å². The van der Waals surface area contributed by atoms with Gasteiger partial charge in [0.1, 0.15) is 16.1 Å². The van der Waals surface area contributed by atoms with Crippen molar-refractivity contribution in [3.8, 4) is 10.6 Å². The first-order valence-corrected chi connectivity index (χ1v) is 9.58. The van der Waals surface area contributed by atoms with Crippen LogP contribution in [0, 0.1) is 6.92 Å². The summed E-state index contributed by atoms with van der Waals surface area (Å²) in [7, 11) is 3.32. The summed E-state index contributed by atoms with van der Waals surface area (Å²) in [6.45, 7) is 3.60. The molecule has 146 valence electrons. The second kappa shape index (κ2) is 8.30. The zero-order valence-corrected chi connectivity index (χ0v) is 17.1. The van der Waals surface area contributed by atoms with Gasteiger partial charge in [0.2, 0.25) is 11.8 Å². The van der Waals surface area contributed by atoms with Gasteiger partial charge in [0.25, 0.3) is 0 Å². The second-order valence-electron chi connectivity index (χ2n) is 6.46. The predicted octanol–water partition coefficient (Wildman–Crippen LogP) is 2.39. The number of hydrogen-bond donors (Lipinski definition) is 0. The van der Waals surface area contributed by atoms with E-state index < -0.39 is 6.04 Å². The Hall–Kier alpha value is -3.07. The van der Waals surface area contributed by atoms with Crippen molar-refractivity contribution in [1.82, 2.24) is 24.6 Å². The van der Waals surface area contributed by atoms with Crippen molar-refractivity contribution >= 4 is 28.2 Å². The van der Waals surface area contributed by atoms with E-state index in [1.807, 2.05) is 19.1 Å². The Kier molecular flexibility index (Phi) is 5.84. The normalized spacial score (nSPS) is 11.9. The van der Waals surface area contributed by atoms with E-state index >= 15 is 0 Å². The van der Waals surface area contributed by atoms with Crippen LogP contribution in [0.2, 0.25) is 0 Å². The van der Waals surface area contributed by atoms with Gasteiger partial charge in [-0.2, -0.15) is 5.10 Å². The number of rotatable bonds is 6. The number of aromatic nitrogens is 4. The number of carbonyl (C=O) groups is 2. The van der Waals surface area contributed by atoms with E-state index in [4.69, 9.17) is 0 Å². The smallest absolute Gasteiger partial charge is 0.247 e. The standard InChI is InChI=1S/C19H22N6O2S/c1-13-19(28-17(22-13)15-7-5-8-20-11-15)24(4)16(26)12-23(3)18(27)14(2)25-10-6-9-21-25/h5-11,14H,12H2,1-4H3. The van der Waals surface area contributed by atoms with Gasteiger partial charge >= 0.3 is 0 Å². The molecule has 0 N–H and O–H groups in total. The van der Waals surface area contributed by atoms with Gasteiger partial charge in [-0.1, -0.05) is 11.3 Å². The molecule has 0 saturated heterocycles. The molecule has 0 aliphatic carbocycles. The Morgan fingerprint density at radius 1 is 1.25 bits per heavy atom. The van der Waals surface area contributed by atoms with Crippen molar-refractivity contribution in [3.63, 3.8) is 0 Å². The van der Waals surface area contributed by atoms with Gasteiger partial charge in [0, 0.05) is 44.4 Å². The first kappa shape index (κ1) is 19.7. The fraction of sp³-hybridized carbons (Fsp3) is 0.316. The lowest BCUT2D eigenvalue weighted by Crippen LogP contribution is -2.41. The summed E-state index contributed by atoms with van der Waals surface area (Å²) in [5, 5.41) is 5.64. The fourth-order valence-electron chi connectivity index (χ4n) is 2.75. The van der Waals surface area contributed by atoms with Crippen LogP contribution in [0.25, 0.3) is 10.6 Å². The van der Waals surface area contributed by atoms with Gasteiger partial charge in [-0.15, -0.1) is 0 Å². The Labute approximate surface area is 167 Å². The fourth-order valence-corrected chi connectivity index (χ4v) is 3.79. The average Bonchev–Trinajstić information content (AvgIpc) is 3.36. The van der Waals surface area contributed by atoms with Crippen molar-refractivity contribution in [3.05, 3.63) is 48.7 Å². The Bertz CT molecular complexity index is 954. The van der Waals surface area contributed by atoms with Crippen molar-refractivity contribution < 1.29 is 9.59 Å². The van der Waals surface area contributed by atoms with E-state index in [9.17, 15) is 9.59 Å². The molecule has 0 saturated carbocycles. The molecule has 3 rings (SSSR count). The summed E-state index contributed by atoms with van der Waals surface area (Å²) < 4.78 is 1.57. The molecule has 9 heteroatoms. The molecule has 0 aliphatic heterocycles. The van der Waals surface area contributed by atoms with Crippen LogP contribution in [0.1, 0.15) is 18.7 Å². The molecule has 0 aromatic carbocycles. The molecule has 0 spiro atoms. The summed E-state index contributed by atoms with van der Waals surface area (Å²) >= 11 is 1.43. The maximum atomic E-state index is 12.7. The monoisotopic (exact) mass is 398 g/mol. The SMILES string of the molecule is Cc1nc(-c2cccnc2)sc1N(C)C(=O)CN(C)C(=O)C(C)n1cccn1. The number of aryl methyl sites for hydroxylation is 1. The van der Waals surface area contributed by atoms with Gasteiger partial charge in [-0.05, 0) is 32.0 Å². The minimum absolute atomic E-state index is 0.0273. The van der Waals surface area contributed by atoms with Crippen LogP contribution in [0.15, 0.2) is 43.0 Å². The van der Waals surface area contributed by atoms with Crippen molar-refractivity contribution in [2.45, 2.75) is 19.9 Å². The number of amides is 2. The molecule has 3 heterocycles. The molecular weight excluding hydrogens is 376 g/mol. The van der Waals surface area contributed by atoms with Crippen LogP contribution < -0.4 is 4.90 Å². The van der Waals surface area contributed by atoms with Gasteiger partial charge in [0.15, 0.2) is 0 Å². The minimum atomic E-state index is -0.472. The summed E-state index contributed by atoms with van der Waals surface area (Å²) in [4.78, 5) is 36.9.